The molecule has 0 saturated carbocycles. The molecule has 2 rings (SSSR count). The predicted octanol–water partition coefficient (Wildman–Crippen LogP) is 3.49. The number of halogens is 3. The zero-order chi connectivity index (χ0) is 13.2. The van der Waals surface area contributed by atoms with Crippen molar-refractivity contribution in [3.8, 4) is 17.0 Å². The summed E-state index contributed by atoms with van der Waals surface area (Å²) in [6.07, 6.45) is -4.49. The molecule has 1 heterocycles. The topological polar surface area (TPSA) is 37.9 Å². The number of aromatic nitrogens is 2. The molecule has 0 aliphatic heterocycles. The lowest BCUT2D eigenvalue weighted by Gasteiger charge is -2.08. The van der Waals surface area contributed by atoms with Crippen LogP contribution in [0.5, 0.6) is 5.88 Å². The molecule has 1 aromatic heterocycles. The van der Waals surface area contributed by atoms with Gasteiger partial charge in [0.15, 0.2) is 5.69 Å². The Bertz CT molecular complexity index is 520. The predicted molar refractivity (Wildman–Crippen MR) is 60.2 cm³/mol. The largest absolute Gasteiger partial charge is 0.476 e. The van der Waals surface area contributed by atoms with Gasteiger partial charge in [0.1, 0.15) is 0 Å². The maximum atomic E-state index is 12.9. The van der Waals surface area contributed by atoms with E-state index in [2.05, 4.69) is 5.10 Å². The van der Waals surface area contributed by atoms with Crippen LogP contribution < -0.4 is 4.74 Å². The van der Waals surface area contributed by atoms with E-state index in [0.717, 1.165) is 0 Å². The molecule has 0 aliphatic carbocycles. The van der Waals surface area contributed by atoms with Crippen LogP contribution in [0, 0.1) is 0 Å². The second-order valence-corrected chi connectivity index (χ2v) is 3.58. The summed E-state index contributed by atoms with van der Waals surface area (Å²) >= 11 is 0. The van der Waals surface area contributed by atoms with E-state index in [4.69, 9.17) is 4.74 Å². The Hall–Kier alpha value is -1.98. The molecule has 0 atom stereocenters. The fourth-order valence-corrected chi connectivity index (χ4v) is 1.64. The normalized spacial score (nSPS) is 11.6. The Morgan fingerprint density at radius 1 is 1.22 bits per heavy atom. The lowest BCUT2D eigenvalue weighted by atomic mass is 10.1. The van der Waals surface area contributed by atoms with Gasteiger partial charge in [0.2, 0.25) is 5.88 Å². The molecule has 0 bridgehead atoms. The number of nitrogens with one attached hydrogen (secondary N) is 1. The lowest BCUT2D eigenvalue weighted by molar-refractivity contribution is -0.140. The summed E-state index contributed by atoms with van der Waals surface area (Å²) in [4.78, 5) is 0. The van der Waals surface area contributed by atoms with Crippen molar-refractivity contribution < 1.29 is 17.9 Å². The van der Waals surface area contributed by atoms with Gasteiger partial charge in [0.05, 0.1) is 12.2 Å². The molecule has 6 heteroatoms. The van der Waals surface area contributed by atoms with E-state index in [-0.39, 0.29) is 18.1 Å². The minimum atomic E-state index is -4.49. The number of aromatic amines is 1. The zero-order valence-electron chi connectivity index (χ0n) is 9.58. The van der Waals surface area contributed by atoms with Gasteiger partial charge in [0.25, 0.3) is 0 Å². The number of hydrogen-bond acceptors (Lipinski definition) is 2. The summed E-state index contributed by atoms with van der Waals surface area (Å²) < 4.78 is 43.7. The third kappa shape index (κ3) is 2.32. The summed E-state index contributed by atoms with van der Waals surface area (Å²) in [5, 5.41) is 5.58. The number of nitrogens with zero attached hydrogens (tertiary/aromatic N) is 1. The van der Waals surface area contributed by atoms with Crippen molar-refractivity contribution in [2.45, 2.75) is 13.1 Å². The van der Waals surface area contributed by atoms with Gasteiger partial charge in [-0.05, 0) is 12.5 Å². The summed E-state index contributed by atoms with van der Waals surface area (Å²) in [5.41, 5.74) is -0.524. The average molecular weight is 256 g/mol. The van der Waals surface area contributed by atoms with Crippen LogP contribution in [0.3, 0.4) is 0 Å². The number of rotatable bonds is 3. The number of hydrogen-bond donors (Lipinski definition) is 1. The molecule has 0 radical (unpaired) electrons. The van der Waals surface area contributed by atoms with E-state index in [9.17, 15) is 13.2 Å². The van der Waals surface area contributed by atoms with E-state index in [1.165, 1.54) is 0 Å². The van der Waals surface area contributed by atoms with Crippen molar-refractivity contribution in [3.05, 3.63) is 36.0 Å². The van der Waals surface area contributed by atoms with Crippen LogP contribution in [0.2, 0.25) is 0 Å². The third-order valence-corrected chi connectivity index (χ3v) is 2.36. The Morgan fingerprint density at radius 2 is 1.89 bits per heavy atom. The Balaban J connectivity index is 2.58. The molecular formula is C12H11F3N2O. The fourth-order valence-electron chi connectivity index (χ4n) is 1.64. The quantitative estimate of drug-likeness (QED) is 0.912. The van der Waals surface area contributed by atoms with Crippen LogP contribution in [0.1, 0.15) is 12.6 Å². The SMILES string of the molecule is CCOc1n[nH]c(C(F)(F)F)c1-c1ccccc1. The van der Waals surface area contributed by atoms with Crippen LogP contribution in [0.4, 0.5) is 13.2 Å². The van der Waals surface area contributed by atoms with E-state index >= 15 is 0 Å². The summed E-state index contributed by atoms with van der Waals surface area (Å²) in [5.74, 6) is -0.0315. The van der Waals surface area contributed by atoms with Crippen LogP contribution in [0.25, 0.3) is 11.1 Å². The Kier molecular flexibility index (Phi) is 3.27. The smallest absolute Gasteiger partial charge is 0.433 e. The minimum Gasteiger partial charge on any atom is -0.476 e. The molecule has 2 aromatic rings. The van der Waals surface area contributed by atoms with Gasteiger partial charge in [-0.25, -0.2) is 0 Å². The number of ether oxygens (including phenoxy) is 1. The van der Waals surface area contributed by atoms with E-state index in [1.807, 2.05) is 5.10 Å². The van der Waals surface area contributed by atoms with Crippen LogP contribution in [-0.4, -0.2) is 16.8 Å². The Labute approximate surface area is 102 Å². The first kappa shape index (κ1) is 12.5. The lowest BCUT2D eigenvalue weighted by Crippen LogP contribution is -2.07. The molecular weight excluding hydrogens is 245 g/mol. The van der Waals surface area contributed by atoms with Crippen molar-refractivity contribution in [2.75, 3.05) is 6.61 Å². The number of alkyl halides is 3. The molecule has 0 spiro atoms. The molecule has 3 nitrogen and oxygen atoms in total. The first-order valence-corrected chi connectivity index (χ1v) is 5.37. The maximum Gasteiger partial charge on any atom is 0.433 e. The number of H-pyrrole nitrogens is 1. The van der Waals surface area contributed by atoms with Crippen LogP contribution >= 0.6 is 0 Å². The number of benzene rings is 1. The highest BCUT2D eigenvalue weighted by molar-refractivity contribution is 5.71. The highest BCUT2D eigenvalue weighted by atomic mass is 19.4. The van der Waals surface area contributed by atoms with Crippen LogP contribution in [-0.2, 0) is 6.18 Å². The molecule has 0 aliphatic rings. The summed E-state index contributed by atoms with van der Waals surface area (Å²) in [7, 11) is 0. The zero-order valence-corrected chi connectivity index (χ0v) is 9.58. The summed E-state index contributed by atoms with van der Waals surface area (Å²) in [6.45, 7) is 1.94. The molecule has 18 heavy (non-hydrogen) atoms. The molecule has 1 aromatic carbocycles. The van der Waals surface area contributed by atoms with Crippen molar-refractivity contribution >= 4 is 0 Å². The van der Waals surface area contributed by atoms with Crippen molar-refractivity contribution in [1.82, 2.24) is 10.2 Å². The average Bonchev–Trinajstić information content (AvgIpc) is 2.74. The first-order valence-electron chi connectivity index (χ1n) is 5.37. The van der Waals surface area contributed by atoms with Gasteiger partial charge < -0.3 is 4.74 Å². The monoisotopic (exact) mass is 256 g/mol. The maximum absolute atomic E-state index is 12.9. The Morgan fingerprint density at radius 3 is 2.44 bits per heavy atom. The van der Waals surface area contributed by atoms with Gasteiger partial charge in [-0.3, -0.25) is 5.10 Å². The van der Waals surface area contributed by atoms with E-state index < -0.39 is 11.9 Å². The van der Waals surface area contributed by atoms with Gasteiger partial charge in [0, 0.05) is 0 Å². The van der Waals surface area contributed by atoms with Crippen molar-refractivity contribution in [1.29, 1.82) is 0 Å². The molecule has 0 saturated heterocycles. The highest BCUT2D eigenvalue weighted by Gasteiger charge is 2.38. The molecule has 0 amide bonds. The van der Waals surface area contributed by atoms with E-state index in [0.29, 0.717) is 5.56 Å². The summed E-state index contributed by atoms with van der Waals surface area (Å²) in [6, 6.07) is 8.23. The molecule has 0 unspecified atom stereocenters. The first-order chi connectivity index (χ1) is 8.54. The van der Waals surface area contributed by atoms with Gasteiger partial charge in [-0.2, -0.15) is 13.2 Å². The minimum absolute atomic E-state index is 0.0315. The molecule has 0 fully saturated rings. The second-order valence-electron chi connectivity index (χ2n) is 3.58. The highest BCUT2D eigenvalue weighted by Crippen LogP contribution is 2.40. The standard InChI is InChI=1S/C12H11F3N2O/c1-2-18-11-9(8-6-4-3-5-7-8)10(16-17-11)12(13,14)15/h3-7H,2H2,1H3,(H,16,17). The molecule has 96 valence electrons. The third-order valence-electron chi connectivity index (χ3n) is 2.36. The van der Waals surface area contributed by atoms with Gasteiger partial charge in [-0.1, -0.05) is 30.3 Å². The van der Waals surface area contributed by atoms with Gasteiger partial charge >= 0.3 is 6.18 Å². The van der Waals surface area contributed by atoms with E-state index in [1.54, 1.807) is 37.3 Å². The van der Waals surface area contributed by atoms with Crippen molar-refractivity contribution in [3.63, 3.8) is 0 Å². The second kappa shape index (κ2) is 4.72. The van der Waals surface area contributed by atoms with Gasteiger partial charge in [-0.15, -0.1) is 5.10 Å². The molecule has 1 N–H and O–H groups in total. The fraction of sp³-hybridized carbons (Fsp3) is 0.250. The van der Waals surface area contributed by atoms with Crippen molar-refractivity contribution in [2.24, 2.45) is 0 Å². The van der Waals surface area contributed by atoms with Crippen LogP contribution in [0.15, 0.2) is 30.3 Å².